The molecule has 4 nitrogen and oxygen atoms in total. The first-order valence-electron chi connectivity index (χ1n) is 9.15. The number of aromatic hydroxyl groups is 1. The van der Waals surface area contributed by atoms with Crippen LogP contribution in [0, 0.1) is 0 Å². The molecule has 0 atom stereocenters. The standard InChI is InChI=1S/C22H19ClN2O2S/c23-15-10-11-18(26)14(12-15)13-24-22-20(17-8-4-5-9-19(17)28-22)21(27)25-16-6-2-1-3-7-16/h1-3,6-7,10-13,26H,4-5,8-9H2,(H,25,27). The van der Waals surface area contributed by atoms with E-state index in [4.69, 9.17) is 11.6 Å². The molecule has 0 unspecified atom stereocenters. The minimum absolute atomic E-state index is 0.102. The molecule has 0 aliphatic heterocycles. The van der Waals surface area contributed by atoms with E-state index in [9.17, 15) is 9.90 Å². The molecule has 0 saturated heterocycles. The maximum absolute atomic E-state index is 13.1. The van der Waals surface area contributed by atoms with E-state index >= 15 is 0 Å². The predicted octanol–water partition coefficient (Wildman–Crippen LogP) is 5.99. The number of nitrogens with one attached hydrogen (secondary N) is 1. The number of halogens is 1. The molecular weight excluding hydrogens is 392 g/mol. The van der Waals surface area contributed by atoms with Gasteiger partial charge >= 0.3 is 0 Å². The number of nitrogens with zero attached hydrogens (tertiary/aromatic N) is 1. The van der Waals surface area contributed by atoms with Crippen LogP contribution >= 0.6 is 22.9 Å². The third kappa shape index (κ3) is 3.96. The zero-order chi connectivity index (χ0) is 19.5. The van der Waals surface area contributed by atoms with Gasteiger partial charge in [-0.1, -0.05) is 29.8 Å². The maximum atomic E-state index is 13.1. The van der Waals surface area contributed by atoms with Crippen molar-refractivity contribution in [3.8, 4) is 5.75 Å². The van der Waals surface area contributed by atoms with Gasteiger partial charge in [-0.2, -0.15) is 0 Å². The first-order valence-corrected chi connectivity index (χ1v) is 10.3. The smallest absolute Gasteiger partial charge is 0.259 e. The Hall–Kier alpha value is -2.63. The molecule has 2 N–H and O–H groups in total. The van der Waals surface area contributed by atoms with E-state index in [1.165, 1.54) is 10.9 Å². The van der Waals surface area contributed by atoms with Crippen LogP contribution in [0.3, 0.4) is 0 Å². The van der Waals surface area contributed by atoms with Crippen LogP contribution in [0.4, 0.5) is 10.7 Å². The van der Waals surface area contributed by atoms with Crippen LogP contribution in [0.2, 0.25) is 5.02 Å². The molecule has 0 bridgehead atoms. The predicted molar refractivity (Wildman–Crippen MR) is 116 cm³/mol. The van der Waals surface area contributed by atoms with Gasteiger partial charge in [0.25, 0.3) is 5.91 Å². The highest BCUT2D eigenvalue weighted by Crippen LogP contribution is 2.40. The summed E-state index contributed by atoms with van der Waals surface area (Å²) in [4.78, 5) is 18.8. The highest BCUT2D eigenvalue weighted by Gasteiger charge is 2.25. The van der Waals surface area contributed by atoms with Crippen LogP contribution in [0.15, 0.2) is 53.5 Å². The second-order valence-corrected chi connectivity index (χ2v) is 8.19. The molecular formula is C22H19ClN2O2S. The van der Waals surface area contributed by atoms with Crippen molar-refractivity contribution in [2.75, 3.05) is 5.32 Å². The summed E-state index contributed by atoms with van der Waals surface area (Å²) in [6.45, 7) is 0. The first kappa shape index (κ1) is 18.7. The van der Waals surface area contributed by atoms with Gasteiger partial charge in [0.2, 0.25) is 0 Å². The Balaban J connectivity index is 1.71. The number of hydrogen-bond acceptors (Lipinski definition) is 4. The lowest BCUT2D eigenvalue weighted by Gasteiger charge is -2.12. The number of anilines is 1. The number of aliphatic imine (C=N–C) groups is 1. The van der Waals surface area contributed by atoms with Crippen LogP contribution in [0.1, 0.15) is 39.2 Å². The molecule has 2 aromatic carbocycles. The van der Waals surface area contributed by atoms with Gasteiger partial charge in [-0.3, -0.25) is 4.79 Å². The molecule has 1 aliphatic carbocycles. The second kappa shape index (κ2) is 8.17. The fourth-order valence-corrected chi connectivity index (χ4v) is 4.76. The summed E-state index contributed by atoms with van der Waals surface area (Å²) >= 11 is 7.58. The van der Waals surface area contributed by atoms with Crippen molar-refractivity contribution in [1.29, 1.82) is 0 Å². The molecule has 28 heavy (non-hydrogen) atoms. The first-order chi connectivity index (χ1) is 13.6. The van der Waals surface area contributed by atoms with Crippen molar-refractivity contribution in [2.45, 2.75) is 25.7 Å². The largest absolute Gasteiger partial charge is 0.507 e. The number of aryl methyl sites for hydroxylation is 1. The summed E-state index contributed by atoms with van der Waals surface area (Å²) in [7, 11) is 0. The minimum atomic E-state index is -0.145. The number of carbonyl (C=O) groups is 1. The Labute approximate surface area is 172 Å². The molecule has 1 amide bonds. The van der Waals surface area contributed by atoms with E-state index < -0.39 is 0 Å². The molecule has 1 aliphatic rings. The van der Waals surface area contributed by atoms with Gasteiger partial charge < -0.3 is 10.4 Å². The molecule has 4 rings (SSSR count). The van der Waals surface area contributed by atoms with Gasteiger partial charge in [-0.05, 0) is 61.6 Å². The third-order valence-corrected chi connectivity index (χ3v) is 6.16. The fourth-order valence-electron chi connectivity index (χ4n) is 3.35. The SMILES string of the molecule is O=C(Nc1ccccc1)c1c(N=Cc2cc(Cl)ccc2O)sc2c1CCCC2. The van der Waals surface area contributed by atoms with E-state index in [0.29, 0.717) is 21.2 Å². The van der Waals surface area contributed by atoms with Crippen molar-refractivity contribution < 1.29 is 9.90 Å². The van der Waals surface area contributed by atoms with Crippen molar-refractivity contribution in [1.82, 2.24) is 0 Å². The second-order valence-electron chi connectivity index (χ2n) is 6.67. The van der Waals surface area contributed by atoms with Crippen molar-refractivity contribution >= 4 is 45.7 Å². The van der Waals surface area contributed by atoms with Crippen molar-refractivity contribution in [3.05, 3.63) is 75.1 Å². The Bertz CT molecular complexity index is 1040. The Morgan fingerprint density at radius 3 is 2.75 bits per heavy atom. The average molecular weight is 411 g/mol. The van der Waals surface area contributed by atoms with Gasteiger partial charge in [0.15, 0.2) is 0 Å². The summed E-state index contributed by atoms with van der Waals surface area (Å²) in [6, 6.07) is 14.2. The number of benzene rings is 2. The molecule has 6 heteroatoms. The Morgan fingerprint density at radius 2 is 1.93 bits per heavy atom. The lowest BCUT2D eigenvalue weighted by molar-refractivity contribution is 0.102. The lowest BCUT2D eigenvalue weighted by Crippen LogP contribution is -2.14. The van der Waals surface area contributed by atoms with E-state index in [0.717, 1.165) is 36.9 Å². The average Bonchev–Trinajstić information content (AvgIpc) is 3.08. The molecule has 1 aromatic heterocycles. The number of rotatable bonds is 4. The number of phenols is 1. The fraction of sp³-hybridized carbons (Fsp3) is 0.182. The summed E-state index contributed by atoms with van der Waals surface area (Å²) in [5.74, 6) is -0.0437. The number of phenolic OH excluding ortho intramolecular Hbond substituents is 1. The normalized spacial score (nSPS) is 13.5. The number of para-hydroxylation sites is 1. The molecule has 0 radical (unpaired) electrons. The number of thiophene rings is 1. The zero-order valence-electron chi connectivity index (χ0n) is 15.1. The Morgan fingerprint density at radius 1 is 1.14 bits per heavy atom. The van der Waals surface area contributed by atoms with Crippen molar-refractivity contribution in [3.63, 3.8) is 0 Å². The number of fused-ring (bicyclic) bond motifs is 1. The highest BCUT2D eigenvalue weighted by molar-refractivity contribution is 7.16. The molecule has 0 fully saturated rings. The summed E-state index contributed by atoms with van der Waals surface area (Å²) in [5.41, 5.74) is 3.02. The van der Waals surface area contributed by atoms with Gasteiger partial charge in [0.1, 0.15) is 10.8 Å². The number of amides is 1. The van der Waals surface area contributed by atoms with E-state index in [-0.39, 0.29) is 11.7 Å². The van der Waals surface area contributed by atoms with Crippen molar-refractivity contribution in [2.24, 2.45) is 4.99 Å². The monoisotopic (exact) mass is 410 g/mol. The summed E-state index contributed by atoms with van der Waals surface area (Å²) < 4.78 is 0. The van der Waals surface area contributed by atoms with Gasteiger partial charge in [-0.25, -0.2) is 4.99 Å². The summed E-state index contributed by atoms with van der Waals surface area (Å²) in [5, 5.41) is 14.2. The molecule has 1 heterocycles. The number of carbonyl (C=O) groups excluding carboxylic acids is 1. The summed E-state index contributed by atoms with van der Waals surface area (Å²) in [6.07, 6.45) is 5.64. The van der Waals surface area contributed by atoms with Crippen LogP contribution in [-0.2, 0) is 12.8 Å². The quantitative estimate of drug-likeness (QED) is 0.519. The van der Waals surface area contributed by atoms with E-state index in [1.807, 2.05) is 30.3 Å². The molecule has 142 valence electrons. The van der Waals surface area contributed by atoms with Crippen LogP contribution in [0.25, 0.3) is 0 Å². The maximum Gasteiger partial charge on any atom is 0.259 e. The van der Waals surface area contributed by atoms with Gasteiger partial charge in [0, 0.05) is 27.4 Å². The molecule has 0 saturated carbocycles. The third-order valence-electron chi connectivity index (χ3n) is 4.72. The zero-order valence-corrected chi connectivity index (χ0v) is 16.7. The topological polar surface area (TPSA) is 61.7 Å². The molecule has 0 spiro atoms. The minimum Gasteiger partial charge on any atom is -0.507 e. The van der Waals surface area contributed by atoms with Crippen LogP contribution in [0.5, 0.6) is 5.75 Å². The highest BCUT2D eigenvalue weighted by atomic mass is 35.5. The van der Waals surface area contributed by atoms with Crippen LogP contribution < -0.4 is 5.32 Å². The Kier molecular flexibility index (Phi) is 5.46. The van der Waals surface area contributed by atoms with Crippen LogP contribution in [-0.4, -0.2) is 17.2 Å². The van der Waals surface area contributed by atoms with E-state index in [2.05, 4.69) is 10.3 Å². The van der Waals surface area contributed by atoms with Gasteiger partial charge in [0.05, 0.1) is 5.56 Å². The van der Waals surface area contributed by atoms with Gasteiger partial charge in [-0.15, -0.1) is 11.3 Å². The molecule has 3 aromatic rings. The number of hydrogen-bond donors (Lipinski definition) is 2. The lowest BCUT2D eigenvalue weighted by atomic mass is 9.95. The van der Waals surface area contributed by atoms with E-state index in [1.54, 1.807) is 29.7 Å².